The maximum absolute atomic E-state index is 9.41. The molecule has 1 aliphatic heterocycles. The van der Waals surface area contributed by atoms with Gasteiger partial charge in [0.25, 0.3) is 0 Å². The van der Waals surface area contributed by atoms with Crippen LogP contribution in [0.25, 0.3) is 0 Å². The number of aliphatic hydroxyl groups is 1. The number of hydrogen-bond acceptors (Lipinski definition) is 5. The largest absolute Gasteiger partial charge is 0.464 e. The summed E-state index contributed by atoms with van der Waals surface area (Å²) in [4.78, 5) is 2.36. The number of likely N-dealkylation sites (tertiary alicyclic amines) is 1. The average molecular weight is 312 g/mol. The smallest absolute Gasteiger partial charge is 0.117 e. The van der Waals surface area contributed by atoms with E-state index < -0.39 is 0 Å². The van der Waals surface area contributed by atoms with E-state index in [4.69, 9.17) is 4.42 Å². The predicted octanol–water partition coefficient (Wildman–Crippen LogP) is 2.33. The van der Waals surface area contributed by atoms with E-state index in [1.165, 1.54) is 12.8 Å². The van der Waals surface area contributed by atoms with Crippen LogP contribution in [0.15, 0.2) is 16.5 Å². The van der Waals surface area contributed by atoms with Gasteiger partial charge in [0.2, 0.25) is 0 Å². The lowest BCUT2D eigenvalue weighted by Crippen LogP contribution is -2.40. The Bertz CT molecular complexity index is 401. The van der Waals surface area contributed by atoms with Crippen LogP contribution in [0.4, 0.5) is 0 Å². The fourth-order valence-corrected chi connectivity index (χ4v) is 3.32. The van der Waals surface area contributed by atoms with Crippen LogP contribution >= 0.6 is 11.8 Å². The van der Waals surface area contributed by atoms with E-state index in [1.807, 2.05) is 6.92 Å². The molecule has 1 fully saturated rings. The van der Waals surface area contributed by atoms with Crippen LogP contribution in [0.2, 0.25) is 0 Å². The van der Waals surface area contributed by atoms with Crippen molar-refractivity contribution in [2.24, 2.45) is 5.92 Å². The summed E-state index contributed by atoms with van der Waals surface area (Å²) >= 11 is 1.78. The van der Waals surface area contributed by atoms with E-state index in [-0.39, 0.29) is 6.10 Å². The van der Waals surface area contributed by atoms with Crippen LogP contribution in [0.1, 0.15) is 31.3 Å². The molecule has 4 nitrogen and oxygen atoms in total. The number of hydrogen-bond donors (Lipinski definition) is 2. The fourth-order valence-electron chi connectivity index (χ4n) is 2.88. The maximum Gasteiger partial charge on any atom is 0.117 e. The normalized spacial score (nSPS) is 19.0. The zero-order valence-corrected chi connectivity index (χ0v) is 14.0. The molecule has 0 radical (unpaired) electrons. The van der Waals surface area contributed by atoms with E-state index in [9.17, 15) is 5.11 Å². The third-order valence-corrected chi connectivity index (χ3v) is 4.54. The number of β-amino-alcohol motifs (C(OH)–C–C–N with tert-alkyl or cyclic N) is 1. The predicted molar refractivity (Wildman–Crippen MR) is 88.5 cm³/mol. The number of nitrogens with zero attached hydrogens (tertiary/aromatic N) is 1. The molecule has 0 bridgehead atoms. The molecule has 0 saturated carbocycles. The first-order valence-corrected chi connectivity index (χ1v) is 9.24. The Labute approximate surface area is 132 Å². The monoisotopic (exact) mass is 312 g/mol. The molecule has 1 aliphatic rings. The Morgan fingerprint density at radius 2 is 2.10 bits per heavy atom. The SMILES string of the molecule is CSCc1ccc(CNCC2CCN(CC(C)O)CC2)o1. The first-order valence-electron chi connectivity index (χ1n) is 7.85. The topological polar surface area (TPSA) is 48.6 Å². The highest BCUT2D eigenvalue weighted by Crippen LogP contribution is 2.17. The van der Waals surface area contributed by atoms with Gasteiger partial charge in [0, 0.05) is 6.54 Å². The van der Waals surface area contributed by atoms with Crippen LogP contribution in [0, 0.1) is 5.92 Å². The molecule has 0 aliphatic carbocycles. The zero-order valence-electron chi connectivity index (χ0n) is 13.2. The van der Waals surface area contributed by atoms with Gasteiger partial charge in [-0.25, -0.2) is 0 Å². The first-order chi connectivity index (χ1) is 10.2. The lowest BCUT2D eigenvalue weighted by atomic mass is 9.96. The van der Waals surface area contributed by atoms with E-state index in [1.54, 1.807) is 11.8 Å². The lowest BCUT2D eigenvalue weighted by Gasteiger charge is -2.32. The molecule has 1 saturated heterocycles. The van der Waals surface area contributed by atoms with Gasteiger partial charge in [0.05, 0.1) is 18.4 Å². The number of piperidine rings is 1. The number of furan rings is 1. The third kappa shape index (κ3) is 6.02. The third-order valence-electron chi connectivity index (χ3n) is 3.97. The second kappa shape index (κ2) is 8.83. The van der Waals surface area contributed by atoms with Crippen LogP contribution < -0.4 is 5.32 Å². The highest BCUT2D eigenvalue weighted by molar-refractivity contribution is 7.97. The molecule has 1 aromatic heterocycles. The van der Waals surface area contributed by atoms with Gasteiger partial charge in [0.15, 0.2) is 0 Å². The highest BCUT2D eigenvalue weighted by atomic mass is 32.2. The second-order valence-electron chi connectivity index (χ2n) is 6.02. The highest BCUT2D eigenvalue weighted by Gasteiger charge is 2.19. The van der Waals surface area contributed by atoms with Crippen molar-refractivity contribution in [3.63, 3.8) is 0 Å². The summed E-state index contributed by atoms with van der Waals surface area (Å²) in [6.07, 6.45) is 4.31. The molecule has 2 N–H and O–H groups in total. The minimum atomic E-state index is -0.214. The molecule has 0 amide bonds. The average Bonchev–Trinajstić information content (AvgIpc) is 2.88. The van der Waals surface area contributed by atoms with Crippen molar-refractivity contribution in [1.82, 2.24) is 10.2 Å². The van der Waals surface area contributed by atoms with Crippen LogP contribution in [0.3, 0.4) is 0 Å². The molecule has 0 spiro atoms. The standard InChI is InChI=1S/C16H28N2O2S/c1-13(19)11-18-7-5-14(6-8-18)9-17-10-15-3-4-16(20-15)12-21-2/h3-4,13-14,17,19H,5-12H2,1-2H3. The summed E-state index contributed by atoms with van der Waals surface area (Å²) in [6.45, 7) is 6.77. The van der Waals surface area contributed by atoms with Crippen molar-refractivity contribution in [3.05, 3.63) is 23.7 Å². The Morgan fingerprint density at radius 1 is 1.38 bits per heavy atom. The maximum atomic E-state index is 9.41. The van der Waals surface area contributed by atoms with Gasteiger partial charge in [-0.05, 0) is 63.7 Å². The van der Waals surface area contributed by atoms with Gasteiger partial charge in [-0.15, -0.1) is 0 Å². The Hall–Kier alpha value is -0.490. The second-order valence-corrected chi connectivity index (χ2v) is 6.89. The number of thioether (sulfide) groups is 1. The van der Waals surface area contributed by atoms with Crippen LogP contribution in [0.5, 0.6) is 0 Å². The summed E-state index contributed by atoms with van der Waals surface area (Å²) in [5, 5.41) is 12.9. The van der Waals surface area contributed by atoms with Crippen molar-refractivity contribution in [2.45, 2.75) is 38.2 Å². The molecule has 21 heavy (non-hydrogen) atoms. The summed E-state index contributed by atoms with van der Waals surface area (Å²) < 4.78 is 5.75. The van der Waals surface area contributed by atoms with Gasteiger partial charge < -0.3 is 19.7 Å². The van der Waals surface area contributed by atoms with Crippen LogP contribution in [-0.4, -0.2) is 48.5 Å². The Morgan fingerprint density at radius 3 is 2.76 bits per heavy atom. The summed E-state index contributed by atoms with van der Waals surface area (Å²) in [5.41, 5.74) is 0. The molecule has 2 heterocycles. The van der Waals surface area contributed by atoms with Crippen molar-refractivity contribution in [3.8, 4) is 0 Å². The van der Waals surface area contributed by atoms with E-state index in [0.29, 0.717) is 0 Å². The van der Waals surface area contributed by atoms with Crippen molar-refractivity contribution in [2.75, 3.05) is 32.4 Å². The lowest BCUT2D eigenvalue weighted by molar-refractivity contribution is 0.0997. The van der Waals surface area contributed by atoms with Gasteiger partial charge in [-0.3, -0.25) is 0 Å². The van der Waals surface area contributed by atoms with Crippen LogP contribution in [-0.2, 0) is 12.3 Å². The first kappa shape index (κ1) is 16.9. The summed E-state index contributed by atoms with van der Waals surface area (Å²) in [6, 6.07) is 4.14. The van der Waals surface area contributed by atoms with E-state index >= 15 is 0 Å². The van der Waals surface area contributed by atoms with Gasteiger partial charge >= 0.3 is 0 Å². The molecule has 0 aromatic carbocycles. The molecular weight excluding hydrogens is 284 g/mol. The zero-order chi connectivity index (χ0) is 15.1. The van der Waals surface area contributed by atoms with Gasteiger partial charge in [-0.1, -0.05) is 0 Å². The summed E-state index contributed by atoms with van der Waals surface area (Å²) in [7, 11) is 0. The Balaban J connectivity index is 1.61. The number of rotatable bonds is 8. The Kier molecular flexibility index (Phi) is 7.10. The molecule has 1 unspecified atom stereocenters. The fraction of sp³-hybridized carbons (Fsp3) is 0.750. The van der Waals surface area contributed by atoms with Crippen molar-refractivity contribution in [1.29, 1.82) is 0 Å². The molecule has 1 aromatic rings. The van der Waals surface area contributed by atoms with E-state index in [2.05, 4.69) is 28.6 Å². The molecule has 5 heteroatoms. The van der Waals surface area contributed by atoms with Gasteiger partial charge in [0.1, 0.15) is 11.5 Å². The minimum absolute atomic E-state index is 0.214. The number of nitrogens with one attached hydrogen (secondary N) is 1. The molecule has 2 rings (SSSR count). The van der Waals surface area contributed by atoms with Gasteiger partial charge in [-0.2, -0.15) is 11.8 Å². The summed E-state index contributed by atoms with van der Waals surface area (Å²) in [5.74, 6) is 3.79. The van der Waals surface area contributed by atoms with Crippen molar-refractivity contribution >= 4 is 11.8 Å². The minimum Gasteiger partial charge on any atom is -0.464 e. The van der Waals surface area contributed by atoms with E-state index in [0.717, 1.165) is 55.9 Å². The quantitative estimate of drug-likeness (QED) is 0.771. The molecule has 1 atom stereocenters. The van der Waals surface area contributed by atoms with Crippen molar-refractivity contribution < 1.29 is 9.52 Å². The molecular formula is C16H28N2O2S. The molecule has 120 valence electrons. The number of aliphatic hydroxyl groups excluding tert-OH is 1.